The minimum absolute atomic E-state index is 0.562. The van der Waals surface area contributed by atoms with Crippen LogP contribution in [-0.2, 0) is 0 Å². The Morgan fingerprint density at radius 2 is 2.33 bits per heavy atom. The van der Waals surface area contributed by atoms with Crippen LogP contribution in [-0.4, -0.2) is 13.0 Å². The number of anilines is 1. The summed E-state index contributed by atoms with van der Waals surface area (Å²) in [4.78, 5) is 0. The van der Waals surface area contributed by atoms with E-state index in [1.807, 2.05) is 12.1 Å². The van der Waals surface area contributed by atoms with Crippen LogP contribution in [0.15, 0.2) is 18.2 Å². The molecule has 0 radical (unpaired) electrons. The highest BCUT2D eigenvalue weighted by atomic mass is 35.5. The molecule has 0 aliphatic heterocycles. The molecule has 0 fully saturated rings. The lowest BCUT2D eigenvalue weighted by molar-refractivity contribution is 0.415. The van der Waals surface area contributed by atoms with Gasteiger partial charge in [0.15, 0.2) is 0 Å². The lowest BCUT2D eigenvalue weighted by Gasteiger charge is -2.06. The highest BCUT2D eigenvalue weighted by Crippen LogP contribution is 2.26. The maximum absolute atomic E-state index is 5.91. The van der Waals surface area contributed by atoms with E-state index in [1.165, 1.54) is 0 Å². The third-order valence-corrected chi connectivity index (χ3v) is 1.92. The van der Waals surface area contributed by atoms with E-state index in [0.29, 0.717) is 10.9 Å². The Morgan fingerprint density at radius 1 is 1.58 bits per heavy atom. The molecule has 0 aliphatic carbocycles. The highest BCUT2D eigenvalue weighted by molar-refractivity contribution is 7.80. The van der Waals surface area contributed by atoms with Gasteiger partial charge in [-0.25, -0.2) is 0 Å². The zero-order chi connectivity index (χ0) is 8.97. The first-order valence-corrected chi connectivity index (χ1v) is 4.47. The van der Waals surface area contributed by atoms with Crippen LogP contribution in [0.25, 0.3) is 0 Å². The molecule has 0 spiro atoms. The standard InChI is InChI=1S/C8H10ClNOS/c1-11-6-2-3-8(10-5-12)7(9)4-6/h2-4,10,12H,5H2,1H3. The van der Waals surface area contributed by atoms with Crippen LogP contribution in [0.4, 0.5) is 5.69 Å². The van der Waals surface area contributed by atoms with Crippen molar-refractivity contribution < 1.29 is 4.74 Å². The number of thiol groups is 1. The minimum atomic E-state index is 0.562. The number of halogens is 1. The summed E-state index contributed by atoms with van der Waals surface area (Å²) in [6.07, 6.45) is 0. The van der Waals surface area contributed by atoms with E-state index in [0.717, 1.165) is 11.4 Å². The molecule has 1 N–H and O–H groups in total. The van der Waals surface area contributed by atoms with Gasteiger partial charge in [0.2, 0.25) is 0 Å². The first kappa shape index (κ1) is 9.55. The number of hydrogen-bond acceptors (Lipinski definition) is 3. The van der Waals surface area contributed by atoms with Crippen LogP contribution in [0.5, 0.6) is 5.75 Å². The first-order chi connectivity index (χ1) is 5.77. The second kappa shape index (κ2) is 4.48. The van der Waals surface area contributed by atoms with Crippen molar-refractivity contribution in [2.45, 2.75) is 0 Å². The van der Waals surface area contributed by atoms with Crippen molar-refractivity contribution in [1.29, 1.82) is 0 Å². The predicted molar refractivity (Wildman–Crippen MR) is 55.5 cm³/mol. The van der Waals surface area contributed by atoms with Crippen molar-refractivity contribution in [1.82, 2.24) is 0 Å². The van der Waals surface area contributed by atoms with E-state index in [9.17, 15) is 0 Å². The summed E-state index contributed by atoms with van der Waals surface area (Å²) in [6, 6.07) is 5.46. The quantitative estimate of drug-likeness (QED) is 0.582. The molecule has 0 heterocycles. The third-order valence-electron chi connectivity index (χ3n) is 1.45. The molecular weight excluding hydrogens is 194 g/mol. The molecule has 4 heteroatoms. The Labute approximate surface area is 82.3 Å². The van der Waals surface area contributed by atoms with Crippen LogP contribution in [0.3, 0.4) is 0 Å². The molecule has 0 saturated carbocycles. The van der Waals surface area contributed by atoms with Crippen LogP contribution in [0.1, 0.15) is 0 Å². The molecule has 0 saturated heterocycles. The van der Waals surface area contributed by atoms with Crippen LogP contribution < -0.4 is 10.1 Å². The molecular formula is C8H10ClNOS. The normalized spacial score (nSPS) is 9.58. The van der Waals surface area contributed by atoms with Crippen molar-refractivity contribution in [2.24, 2.45) is 0 Å². The molecule has 2 nitrogen and oxygen atoms in total. The minimum Gasteiger partial charge on any atom is -0.497 e. The Morgan fingerprint density at radius 3 is 2.83 bits per heavy atom. The van der Waals surface area contributed by atoms with Gasteiger partial charge in [0.05, 0.1) is 23.7 Å². The Hall–Kier alpha value is -0.540. The van der Waals surface area contributed by atoms with Gasteiger partial charge in [0.25, 0.3) is 0 Å². The van der Waals surface area contributed by atoms with Gasteiger partial charge < -0.3 is 10.1 Å². The fraction of sp³-hybridized carbons (Fsp3) is 0.250. The van der Waals surface area contributed by atoms with Gasteiger partial charge in [-0.05, 0) is 12.1 Å². The number of rotatable bonds is 3. The Bertz CT molecular complexity index is 267. The molecule has 12 heavy (non-hydrogen) atoms. The van der Waals surface area contributed by atoms with Crippen molar-refractivity contribution in [3.8, 4) is 5.75 Å². The second-order valence-corrected chi connectivity index (χ2v) is 2.90. The largest absolute Gasteiger partial charge is 0.497 e. The molecule has 1 aromatic carbocycles. The van der Waals surface area contributed by atoms with E-state index in [2.05, 4.69) is 17.9 Å². The average molecular weight is 204 g/mol. The predicted octanol–water partition coefficient (Wildman–Crippen LogP) is 2.65. The lowest BCUT2D eigenvalue weighted by atomic mass is 10.3. The maximum Gasteiger partial charge on any atom is 0.120 e. The van der Waals surface area contributed by atoms with E-state index in [1.54, 1.807) is 13.2 Å². The molecule has 0 aliphatic rings. The number of nitrogens with one attached hydrogen (secondary N) is 1. The summed E-state index contributed by atoms with van der Waals surface area (Å²) >= 11 is 9.94. The van der Waals surface area contributed by atoms with Gasteiger partial charge >= 0.3 is 0 Å². The molecule has 66 valence electrons. The van der Waals surface area contributed by atoms with E-state index in [-0.39, 0.29) is 0 Å². The Balaban J connectivity index is 2.87. The van der Waals surface area contributed by atoms with Gasteiger partial charge in [-0.1, -0.05) is 11.6 Å². The van der Waals surface area contributed by atoms with Crippen molar-refractivity contribution >= 4 is 29.9 Å². The summed E-state index contributed by atoms with van der Waals surface area (Å²) < 4.78 is 5.00. The van der Waals surface area contributed by atoms with Gasteiger partial charge in [-0.2, -0.15) is 12.6 Å². The van der Waals surface area contributed by atoms with Crippen LogP contribution >= 0.6 is 24.2 Å². The molecule has 0 amide bonds. The van der Waals surface area contributed by atoms with Gasteiger partial charge in [0.1, 0.15) is 5.75 Å². The van der Waals surface area contributed by atoms with E-state index < -0.39 is 0 Å². The summed E-state index contributed by atoms with van der Waals surface area (Å²) in [5, 5.41) is 3.65. The summed E-state index contributed by atoms with van der Waals surface area (Å²) in [5.41, 5.74) is 0.868. The number of hydrogen-bond donors (Lipinski definition) is 2. The monoisotopic (exact) mass is 203 g/mol. The van der Waals surface area contributed by atoms with Crippen LogP contribution in [0, 0.1) is 0 Å². The molecule has 1 aromatic rings. The molecule has 0 unspecified atom stereocenters. The number of ether oxygens (including phenoxy) is 1. The van der Waals surface area contributed by atoms with Gasteiger partial charge in [-0.3, -0.25) is 0 Å². The average Bonchev–Trinajstić information content (AvgIpc) is 2.09. The maximum atomic E-state index is 5.91. The molecule has 0 aromatic heterocycles. The van der Waals surface area contributed by atoms with Crippen LogP contribution in [0.2, 0.25) is 5.02 Å². The number of methoxy groups -OCH3 is 1. The molecule has 1 rings (SSSR count). The fourth-order valence-electron chi connectivity index (χ4n) is 0.851. The van der Waals surface area contributed by atoms with E-state index in [4.69, 9.17) is 16.3 Å². The topological polar surface area (TPSA) is 21.3 Å². The second-order valence-electron chi connectivity index (χ2n) is 2.18. The fourth-order valence-corrected chi connectivity index (χ4v) is 1.26. The van der Waals surface area contributed by atoms with Gasteiger partial charge in [-0.15, -0.1) is 0 Å². The number of benzene rings is 1. The molecule has 0 atom stereocenters. The summed E-state index contributed by atoms with van der Waals surface area (Å²) in [6.45, 7) is 0. The zero-order valence-electron chi connectivity index (χ0n) is 6.67. The zero-order valence-corrected chi connectivity index (χ0v) is 8.32. The molecule has 0 bridgehead atoms. The van der Waals surface area contributed by atoms with Crippen molar-refractivity contribution in [3.63, 3.8) is 0 Å². The lowest BCUT2D eigenvalue weighted by Crippen LogP contribution is -1.95. The van der Waals surface area contributed by atoms with Crippen molar-refractivity contribution in [2.75, 3.05) is 18.3 Å². The first-order valence-electron chi connectivity index (χ1n) is 3.46. The third kappa shape index (κ3) is 2.22. The van der Waals surface area contributed by atoms with Gasteiger partial charge in [0, 0.05) is 6.07 Å². The SMILES string of the molecule is COc1ccc(NCS)c(Cl)c1. The summed E-state index contributed by atoms with van der Waals surface area (Å²) in [5.74, 6) is 1.32. The summed E-state index contributed by atoms with van der Waals surface area (Å²) in [7, 11) is 1.61. The van der Waals surface area contributed by atoms with Crippen molar-refractivity contribution in [3.05, 3.63) is 23.2 Å². The smallest absolute Gasteiger partial charge is 0.120 e. The van der Waals surface area contributed by atoms with E-state index >= 15 is 0 Å². The Kier molecular flexibility index (Phi) is 3.56. The highest BCUT2D eigenvalue weighted by Gasteiger charge is 1.99.